The van der Waals surface area contributed by atoms with Gasteiger partial charge in [-0.3, -0.25) is 0 Å². The largest absolute Gasteiger partial charge is 0.459 e. The highest BCUT2D eigenvalue weighted by molar-refractivity contribution is 7.11. The first-order valence-electron chi connectivity index (χ1n) is 5.21. The number of aliphatic hydroxyl groups is 1. The van der Waals surface area contributed by atoms with E-state index in [2.05, 4.69) is 5.32 Å². The van der Waals surface area contributed by atoms with Crippen molar-refractivity contribution in [1.82, 2.24) is 5.32 Å². The van der Waals surface area contributed by atoms with E-state index in [-0.39, 0.29) is 12.6 Å². The number of hydrogen-bond donors (Lipinski definition) is 2. The molecule has 0 spiro atoms. The average molecular weight is 243 g/mol. The lowest BCUT2D eigenvalue weighted by Gasteiger charge is -2.13. The lowest BCUT2D eigenvalue weighted by atomic mass is 10.3. The van der Waals surface area contributed by atoms with E-state index in [4.69, 9.17) is 4.74 Å². The maximum absolute atomic E-state index is 11.4. The third-order valence-corrected chi connectivity index (χ3v) is 2.74. The summed E-state index contributed by atoms with van der Waals surface area (Å²) in [6.45, 7) is 4.43. The number of aliphatic hydroxyl groups excluding tert-OH is 1. The van der Waals surface area contributed by atoms with Crippen molar-refractivity contribution in [2.45, 2.75) is 26.0 Å². The topological polar surface area (TPSA) is 58.6 Å². The van der Waals surface area contributed by atoms with Crippen LogP contribution in [0.25, 0.3) is 0 Å². The first-order chi connectivity index (χ1) is 7.59. The van der Waals surface area contributed by atoms with Gasteiger partial charge in [-0.1, -0.05) is 19.9 Å². The van der Waals surface area contributed by atoms with Gasteiger partial charge in [-0.25, -0.2) is 4.79 Å². The van der Waals surface area contributed by atoms with Gasteiger partial charge in [0.25, 0.3) is 0 Å². The monoisotopic (exact) mass is 243 g/mol. The van der Waals surface area contributed by atoms with E-state index in [1.807, 2.05) is 19.2 Å². The van der Waals surface area contributed by atoms with E-state index >= 15 is 0 Å². The Morgan fingerprint density at radius 2 is 2.38 bits per heavy atom. The molecule has 1 heterocycles. The minimum Gasteiger partial charge on any atom is -0.459 e. The number of esters is 1. The van der Waals surface area contributed by atoms with Gasteiger partial charge in [0.2, 0.25) is 0 Å². The minimum atomic E-state index is -0.661. The number of carbonyl (C=O) groups is 1. The summed E-state index contributed by atoms with van der Waals surface area (Å²) in [7, 11) is 0. The Kier molecular flexibility index (Phi) is 5.45. The molecular formula is C11H17NO3S. The highest BCUT2D eigenvalue weighted by atomic mass is 32.1. The molecule has 0 amide bonds. The molecule has 1 rings (SSSR count). The Hall–Kier alpha value is -0.910. The summed E-state index contributed by atoms with van der Waals surface area (Å²) in [4.78, 5) is 12.0. The normalized spacial score (nSPS) is 12.8. The van der Waals surface area contributed by atoms with E-state index in [0.29, 0.717) is 17.5 Å². The van der Waals surface area contributed by atoms with E-state index < -0.39 is 6.10 Å². The zero-order valence-corrected chi connectivity index (χ0v) is 10.3. The van der Waals surface area contributed by atoms with E-state index in [9.17, 15) is 9.90 Å². The summed E-state index contributed by atoms with van der Waals surface area (Å²) in [5.41, 5.74) is 0. The highest BCUT2D eigenvalue weighted by Crippen LogP contribution is 2.09. The number of thiophene rings is 1. The van der Waals surface area contributed by atoms with Crippen LogP contribution in [0, 0.1) is 0 Å². The SMILES string of the molecule is CC(C)NC[C@H](O)COC(=O)c1cccs1. The quantitative estimate of drug-likeness (QED) is 0.739. The molecule has 0 fully saturated rings. The fourth-order valence-corrected chi connectivity index (χ4v) is 1.68. The minimum absolute atomic E-state index is 0.0243. The van der Waals surface area contributed by atoms with Crippen molar-refractivity contribution in [2.75, 3.05) is 13.2 Å². The summed E-state index contributed by atoms with van der Waals surface area (Å²) < 4.78 is 4.96. The second-order valence-corrected chi connectivity index (χ2v) is 4.74. The van der Waals surface area contributed by atoms with Crippen LogP contribution in [0.4, 0.5) is 0 Å². The van der Waals surface area contributed by atoms with Gasteiger partial charge >= 0.3 is 5.97 Å². The fourth-order valence-electron chi connectivity index (χ4n) is 1.07. The predicted octanol–water partition coefficient (Wildman–Crippen LogP) is 1.26. The number of rotatable bonds is 6. The highest BCUT2D eigenvalue weighted by Gasteiger charge is 2.11. The maximum atomic E-state index is 11.4. The molecule has 4 nitrogen and oxygen atoms in total. The van der Waals surface area contributed by atoms with Crippen molar-refractivity contribution >= 4 is 17.3 Å². The first-order valence-corrected chi connectivity index (χ1v) is 6.09. The number of nitrogens with one attached hydrogen (secondary N) is 1. The Morgan fingerprint density at radius 3 is 2.94 bits per heavy atom. The van der Waals surface area contributed by atoms with Gasteiger partial charge in [0.1, 0.15) is 17.6 Å². The molecule has 1 atom stereocenters. The third-order valence-electron chi connectivity index (χ3n) is 1.89. The fraction of sp³-hybridized carbons (Fsp3) is 0.545. The van der Waals surface area contributed by atoms with Crippen LogP contribution >= 0.6 is 11.3 Å². The summed E-state index contributed by atoms with van der Waals surface area (Å²) in [6.07, 6.45) is -0.661. The Labute approximate surface area is 99.2 Å². The van der Waals surface area contributed by atoms with E-state index in [0.717, 1.165) is 0 Å². The Balaban J connectivity index is 2.21. The van der Waals surface area contributed by atoms with E-state index in [1.165, 1.54) is 11.3 Å². The van der Waals surface area contributed by atoms with Crippen molar-refractivity contribution in [3.05, 3.63) is 22.4 Å². The molecule has 0 aliphatic carbocycles. The van der Waals surface area contributed by atoms with Crippen molar-refractivity contribution in [3.8, 4) is 0 Å². The van der Waals surface area contributed by atoms with Gasteiger partial charge in [-0.2, -0.15) is 0 Å². The zero-order chi connectivity index (χ0) is 12.0. The summed E-state index contributed by atoms with van der Waals surface area (Å²) in [6, 6.07) is 3.80. The molecular weight excluding hydrogens is 226 g/mol. The smallest absolute Gasteiger partial charge is 0.348 e. The maximum Gasteiger partial charge on any atom is 0.348 e. The molecule has 5 heteroatoms. The lowest BCUT2D eigenvalue weighted by Crippen LogP contribution is -2.34. The van der Waals surface area contributed by atoms with Crippen LogP contribution in [-0.4, -0.2) is 36.4 Å². The molecule has 0 radical (unpaired) electrons. The second kappa shape index (κ2) is 6.62. The second-order valence-electron chi connectivity index (χ2n) is 3.79. The molecule has 0 saturated carbocycles. The van der Waals surface area contributed by atoms with Crippen LogP contribution in [0.3, 0.4) is 0 Å². The third kappa shape index (κ3) is 4.74. The molecule has 0 aliphatic heterocycles. The summed E-state index contributed by atoms with van der Waals surface area (Å²) in [5.74, 6) is -0.376. The molecule has 16 heavy (non-hydrogen) atoms. The molecule has 1 aromatic heterocycles. The van der Waals surface area contributed by atoms with Crippen molar-refractivity contribution in [2.24, 2.45) is 0 Å². The molecule has 0 aliphatic rings. The summed E-state index contributed by atoms with van der Waals surface area (Å²) in [5, 5.41) is 14.4. The Bertz CT molecular complexity index is 311. The van der Waals surface area contributed by atoms with Crippen LogP contribution in [0.5, 0.6) is 0 Å². The van der Waals surface area contributed by atoms with Crippen LogP contribution in [0.2, 0.25) is 0 Å². The average Bonchev–Trinajstić information content (AvgIpc) is 2.76. The zero-order valence-electron chi connectivity index (χ0n) is 9.47. The van der Waals surface area contributed by atoms with Gasteiger partial charge in [0, 0.05) is 12.6 Å². The van der Waals surface area contributed by atoms with Crippen LogP contribution in [0.1, 0.15) is 23.5 Å². The molecule has 0 saturated heterocycles. The lowest BCUT2D eigenvalue weighted by molar-refractivity contribution is 0.0261. The van der Waals surface area contributed by atoms with Crippen molar-refractivity contribution < 1.29 is 14.6 Å². The van der Waals surface area contributed by atoms with Crippen LogP contribution < -0.4 is 5.32 Å². The standard InChI is InChI=1S/C11H17NO3S/c1-8(2)12-6-9(13)7-15-11(14)10-4-3-5-16-10/h3-5,8-9,12-13H,6-7H2,1-2H3/t9-/m0/s1. The van der Waals surface area contributed by atoms with Gasteiger partial charge in [-0.15, -0.1) is 11.3 Å². The van der Waals surface area contributed by atoms with Gasteiger partial charge in [-0.05, 0) is 11.4 Å². The molecule has 0 bridgehead atoms. The van der Waals surface area contributed by atoms with Gasteiger partial charge in [0.15, 0.2) is 0 Å². The van der Waals surface area contributed by atoms with E-state index in [1.54, 1.807) is 12.1 Å². The predicted molar refractivity (Wildman–Crippen MR) is 63.7 cm³/mol. The first kappa shape index (κ1) is 13.2. The summed E-state index contributed by atoms with van der Waals surface area (Å²) >= 11 is 1.33. The van der Waals surface area contributed by atoms with Crippen molar-refractivity contribution in [1.29, 1.82) is 0 Å². The molecule has 0 unspecified atom stereocenters. The number of hydrogen-bond acceptors (Lipinski definition) is 5. The number of carbonyl (C=O) groups excluding carboxylic acids is 1. The molecule has 0 aromatic carbocycles. The number of ether oxygens (including phenoxy) is 1. The van der Waals surface area contributed by atoms with Crippen LogP contribution in [-0.2, 0) is 4.74 Å². The molecule has 90 valence electrons. The molecule has 1 aromatic rings. The van der Waals surface area contributed by atoms with Gasteiger partial charge < -0.3 is 15.2 Å². The Morgan fingerprint density at radius 1 is 1.62 bits per heavy atom. The van der Waals surface area contributed by atoms with Crippen LogP contribution in [0.15, 0.2) is 17.5 Å². The van der Waals surface area contributed by atoms with Crippen molar-refractivity contribution in [3.63, 3.8) is 0 Å². The molecule has 2 N–H and O–H groups in total. The van der Waals surface area contributed by atoms with Gasteiger partial charge in [0.05, 0.1) is 0 Å².